The van der Waals surface area contributed by atoms with Crippen molar-refractivity contribution in [2.24, 2.45) is 0 Å². The molecule has 0 saturated carbocycles. The maximum Gasteiger partial charge on any atom is 0.345 e. The standard InChI is InChI=1S/C21H21N3O4/c1-3-27-20(25)17-14(2)24-28-19(17)23-21(26)22-18(15-10-6-4-7-11-15)16-12-8-5-9-13-16/h4-13,18H,3H2,1-2H3,(H2,22,23,26). The highest BCUT2D eigenvalue weighted by Crippen LogP contribution is 2.23. The second-order valence-electron chi connectivity index (χ2n) is 6.05. The van der Waals surface area contributed by atoms with E-state index < -0.39 is 12.0 Å². The molecule has 1 heterocycles. The van der Waals surface area contributed by atoms with Crippen LogP contribution in [0.25, 0.3) is 0 Å². The average molecular weight is 379 g/mol. The van der Waals surface area contributed by atoms with Gasteiger partial charge in [0.25, 0.3) is 0 Å². The summed E-state index contributed by atoms with van der Waals surface area (Å²) in [6.07, 6.45) is 0. The summed E-state index contributed by atoms with van der Waals surface area (Å²) in [4.78, 5) is 24.7. The quantitative estimate of drug-likeness (QED) is 0.630. The van der Waals surface area contributed by atoms with E-state index in [1.807, 2.05) is 60.7 Å². The summed E-state index contributed by atoms with van der Waals surface area (Å²) in [7, 11) is 0. The van der Waals surface area contributed by atoms with E-state index in [0.717, 1.165) is 11.1 Å². The van der Waals surface area contributed by atoms with Gasteiger partial charge in [0.2, 0.25) is 5.88 Å². The van der Waals surface area contributed by atoms with Crippen LogP contribution in [0.5, 0.6) is 0 Å². The number of amides is 2. The Balaban J connectivity index is 1.82. The molecule has 0 aliphatic carbocycles. The van der Waals surface area contributed by atoms with Crippen molar-refractivity contribution < 1.29 is 18.8 Å². The van der Waals surface area contributed by atoms with Crippen LogP contribution in [-0.4, -0.2) is 23.8 Å². The van der Waals surface area contributed by atoms with E-state index >= 15 is 0 Å². The first-order valence-electron chi connectivity index (χ1n) is 8.91. The maximum atomic E-state index is 12.6. The van der Waals surface area contributed by atoms with Gasteiger partial charge < -0.3 is 14.6 Å². The van der Waals surface area contributed by atoms with E-state index in [2.05, 4.69) is 15.8 Å². The third-order valence-corrected chi connectivity index (χ3v) is 4.11. The van der Waals surface area contributed by atoms with Crippen molar-refractivity contribution in [3.8, 4) is 0 Å². The maximum absolute atomic E-state index is 12.6. The van der Waals surface area contributed by atoms with E-state index in [-0.39, 0.29) is 24.1 Å². The molecule has 0 bridgehead atoms. The number of anilines is 1. The molecule has 0 unspecified atom stereocenters. The van der Waals surface area contributed by atoms with Crippen molar-refractivity contribution in [2.75, 3.05) is 11.9 Å². The molecule has 0 fully saturated rings. The zero-order valence-corrected chi connectivity index (χ0v) is 15.6. The Bertz CT molecular complexity index is 899. The number of hydrogen-bond acceptors (Lipinski definition) is 5. The number of nitrogens with zero attached hydrogens (tertiary/aromatic N) is 1. The molecule has 0 spiro atoms. The average Bonchev–Trinajstić information content (AvgIpc) is 3.07. The van der Waals surface area contributed by atoms with Crippen LogP contribution in [0.1, 0.15) is 40.1 Å². The molecule has 0 saturated heterocycles. The predicted molar refractivity (Wildman–Crippen MR) is 104 cm³/mol. The molecule has 0 atom stereocenters. The Morgan fingerprint density at radius 1 is 1.04 bits per heavy atom. The van der Waals surface area contributed by atoms with Gasteiger partial charge in [-0.3, -0.25) is 5.32 Å². The number of aromatic nitrogens is 1. The SMILES string of the molecule is CCOC(=O)c1c(C)noc1NC(=O)NC(c1ccccc1)c1ccccc1. The number of carbonyl (C=O) groups is 2. The van der Waals surface area contributed by atoms with Gasteiger partial charge in [0.15, 0.2) is 0 Å². The Morgan fingerprint density at radius 2 is 1.61 bits per heavy atom. The fourth-order valence-electron chi connectivity index (χ4n) is 2.82. The zero-order valence-electron chi connectivity index (χ0n) is 15.6. The van der Waals surface area contributed by atoms with E-state index in [0.29, 0.717) is 5.69 Å². The van der Waals surface area contributed by atoms with Crippen LogP contribution in [0.2, 0.25) is 0 Å². The van der Waals surface area contributed by atoms with Crippen LogP contribution in [-0.2, 0) is 4.74 Å². The highest BCUT2D eigenvalue weighted by atomic mass is 16.5. The highest BCUT2D eigenvalue weighted by molar-refractivity contribution is 6.00. The van der Waals surface area contributed by atoms with Crippen LogP contribution in [0, 0.1) is 6.92 Å². The first kappa shape index (κ1) is 19.2. The minimum absolute atomic E-state index is 0.0478. The Hall–Kier alpha value is -3.61. The van der Waals surface area contributed by atoms with Crippen molar-refractivity contribution in [3.05, 3.63) is 83.0 Å². The molecule has 1 aromatic heterocycles. The summed E-state index contributed by atoms with van der Waals surface area (Å²) in [5, 5.41) is 9.23. The number of aryl methyl sites for hydroxylation is 1. The number of esters is 1. The Labute approximate surface area is 162 Å². The van der Waals surface area contributed by atoms with Gasteiger partial charge in [-0.2, -0.15) is 0 Å². The minimum atomic E-state index is -0.598. The van der Waals surface area contributed by atoms with Gasteiger partial charge in [-0.1, -0.05) is 65.8 Å². The summed E-state index contributed by atoms with van der Waals surface area (Å²) in [6.45, 7) is 3.51. The third-order valence-electron chi connectivity index (χ3n) is 4.11. The molecule has 2 aromatic carbocycles. The van der Waals surface area contributed by atoms with Gasteiger partial charge in [-0.25, -0.2) is 9.59 Å². The molecule has 7 nitrogen and oxygen atoms in total. The summed E-state index contributed by atoms with van der Waals surface area (Å²) >= 11 is 0. The second-order valence-corrected chi connectivity index (χ2v) is 6.05. The number of rotatable bonds is 6. The molecule has 2 amide bonds. The summed E-state index contributed by atoms with van der Waals surface area (Å²) in [5.74, 6) is -0.646. The van der Waals surface area contributed by atoms with Gasteiger partial charge in [0.05, 0.1) is 18.3 Å². The molecule has 0 radical (unpaired) electrons. The molecule has 0 aliphatic rings. The lowest BCUT2D eigenvalue weighted by Crippen LogP contribution is -2.33. The second kappa shape index (κ2) is 8.85. The van der Waals surface area contributed by atoms with Crippen molar-refractivity contribution in [1.82, 2.24) is 10.5 Å². The zero-order chi connectivity index (χ0) is 19.9. The van der Waals surface area contributed by atoms with E-state index in [9.17, 15) is 9.59 Å². The van der Waals surface area contributed by atoms with E-state index in [1.54, 1.807) is 13.8 Å². The molecule has 3 aromatic rings. The fraction of sp³-hybridized carbons (Fsp3) is 0.190. The van der Waals surface area contributed by atoms with E-state index in [4.69, 9.17) is 9.26 Å². The van der Waals surface area contributed by atoms with Gasteiger partial charge >= 0.3 is 12.0 Å². The van der Waals surface area contributed by atoms with Gasteiger partial charge in [-0.15, -0.1) is 0 Å². The Kier molecular flexibility index (Phi) is 6.06. The molecule has 3 rings (SSSR count). The minimum Gasteiger partial charge on any atom is -0.462 e. The summed E-state index contributed by atoms with van der Waals surface area (Å²) in [6, 6.07) is 18.3. The summed E-state index contributed by atoms with van der Waals surface area (Å²) < 4.78 is 10.1. The number of benzene rings is 2. The van der Waals surface area contributed by atoms with Crippen LogP contribution in [0.4, 0.5) is 10.7 Å². The van der Waals surface area contributed by atoms with Crippen molar-refractivity contribution in [2.45, 2.75) is 19.9 Å². The molecular weight excluding hydrogens is 358 g/mol. The smallest absolute Gasteiger partial charge is 0.345 e. The first-order valence-corrected chi connectivity index (χ1v) is 8.91. The predicted octanol–water partition coefficient (Wildman–Crippen LogP) is 4.07. The van der Waals surface area contributed by atoms with Crippen LogP contribution in [0.15, 0.2) is 65.2 Å². The molecular formula is C21H21N3O4. The molecule has 28 heavy (non-hydrogen) atoms. The first-order chi connectivity index (χ1) is 13.6. The largest absolute Gasteiger partial charge is 0.462 e. The van der Waals surface area contributed by atoms with Gasteiger partial charge in [0.1, 0.15) is 5.56 Å². The molecule has 144 valence electrons. The third kappa shape index (κ3) is 4.37. The number of hydrogen-bond donors (Lipinski definition) is 2. The van der Waals surface area contributed by atoms with Crippen LogP contribution >= 0.6 is 0 Å². The molecule has 7 heteroatoms. The van der Waals surface area contributed by atoms with Crippen LogP contribution in [0.3, 0.4) is 0 Å². The summed E-state index contributed by atoms with van der Waals surface area (Å²) in [5.41, 5.74) is 2.29. The van der Waals surface area contributed by atoms with E-state index in [1.165, 1.54) is 0 Å². The highest BCUT2D eigenvalue weighted by Gasteiger charge is 2.24. The normalized spacial score (nSPS) is 10.5. The Morgan fingerprint density at radius 3 is 2.14 bits per heavy atom. The lowest BCUT2D eigenvalue weighted by Gasteiger charge is -2.19. The molecule has 0 aliphatic heterocycles. The van der Waals surface area contributed by atoms with Crippen molar-refractivity contribution in [1.29, 1.82) is 0 Å². The number of nitrogens with one attached hydrogen (secondary N) is 2. The van der Waals surface area contributed by atoms with Gasteiger partial charge in [0, 0.05) is 0 Å². The van der Waals surface area contributed by atoms with Crippen LogP contribution < -0.4 is 10.6 Å². The lowest BCUT2D eigenvalue weighted by molar-refractivity contribution is 0.0526. The fourth-order valence-corrected chi connectivity index (χ4v) is 2.82. The van der Waals surface area contributed by atoms with Crippen molar-refractivity contribution >= 4 is 17.9 Å². The topological polar surface area (TPSA) is 93.5 Å². The number of carbonyl (C=O) groups excluding carboxylic acids is 2. The lowest BCUT2D eigenvalue weighted by atomic mass is 9.99. The van der Waals surface area contributed by atoms with Crippen molar-refractivity contribution in [3.63, 3.8) is 0 Å². The number of urea groups is 1. The molecule has 2 N–H and O–H groups in total. The number of ether oxygens (including phenoxy) is 1. The monoisotopic (exact) mass is 379 g/mol. The van der Waals surface area contributed by atoms with Gasteiger partial charge in [-0.05, 0) is 25.0 Å².